The van der Waals surface area contributed by atoms with Crippen LogP contribution in [0.1, 0.15) is 52.8 Å². The lowest BCUT2D eigenvalue weighted by molar-refractivity contribution is 0.0948. The van der Waals surface area contributed by atoms with Crippen molar-refractivity contribution in [2.75, 3.05) is 0 Å². The third-order valence-electron chi connectivity index (χ3n) is 6.44. The third kappa shape index (κ3) is 5.26. The smallest absolute Gasteiger partial charge is 0.251 e. The second-order valence-corrected chi connectivity index (χ2v) is 9.39. The van der Waals surface area contributed by atoms with Crippen molar-refractivity contribution in [1.82, 2.24) is 15.3 Å². The van der Waals surface area contributed by atoms with Crippen LogP contribution >= 0.6 is 0 Å². The summed E-state index contributed by atoms with van der Waals surface area (Å²) in [4.78, 5) is 20.6. The standard InChI is InChI=1S/C30H28FN3O3/c1-18(2)27-28-26(30(36)34-27)25(16-23(33-28)14-7-19-5-12-22(31)13-6-19)20-8-10-21(11-9-20)29(35)32-17-24-4-3-15-37-24/h3-6,8-13,15-16,18,34,36H,7,14,17H2,1-2H3,(H,32,35). The number of carbonyl (C=O) groups excluding carboxylic acids is 1. The van der Waals surface area contributed by atoms with Crippen LogP contribution in [-0.2, 0) is 19.4 Å². The number of rotatable bonds is 8. The van der Waals surface area contributed by atoms with Crippen LogP contribution in [0.25, 0.3) is 22.0 Å². The maximum absolute atomic E-state index is 13.3. The first-order valence-electron chi connectivity index (χ1n) is 12.3. The molecule has 37 heavy (non-hydrogen) atoms. The van der Waals surface area contributed by atoms with E-state index in [9.17, 15) is 14.3 Å². The lowest BCUT2D eigenvalue weighted by Crippen LogP contribution is -2.22. The number of nitrogens with zero attached hydrogens (tertiary/aromatic N) is 1. The minimum atomic E-state index is -0.256. The number of hydrogen-bond donors (Lipinski definition) is 3. The van der Waals surface area contributed by atoms with Gasteiger partial charge in [0.1, 0.15) is 11.6 Å². The van der Waals surface area contributed by atoms with Crippen molar-refractivity contribution in [1.29, 1.82) is 0 Å². The number of H-pyrrole nitrogens is 1. The van der Waals surface area contributed by atoms with Gasteiger partial charge in [-0.3, -0.25) is 9.78 Å². The van der Waals surface area contributed by atoms with Crippen molar-refractivity contribution in [2.45, 2.75) is 39.2 Å². The van der Waals surface area contributed by atoms with E-state index in [0.29, 0.717) is 36.1 Å². The van der Waals surface area contributed by atoms with Crippen molar-refractivity contribution in [3.8, 4) is 17.0 Å². The average molecular weight is 498 g/mol. The first kappa shape index (κ1) is 24.3. The second kappa shape index (κ2) is 10.3. The Bertz CT molecular complexity index is 1520. The molecule has 0 aliphatic heterocycles. The number of hydrogen-bond acceptors (Lipinski definition) is 4. The Labute approximate surface area is 214 Å². The van der Waals surface area contributed by atoms with Gasteiger partial charge in [-0.05, 0) is 77.9 Å². The van der Waals surface area contributed by atoms with Crippen LogP contribution in [0, 0.1) is 5.82 Å². The molecular formula is C30H28FN3O3. The number of halogens is 1. The number of furan rings is 1. The normalized spacial score (nSPS) is 11.4. The Balaban J connectivity index is 1.46. The summed E-state index contributed by atoms with van der Waals surface area (Å²) in [5.74, 6) is 0.437. The summed E-state index contributed by atoms with van der Waals surface area (Å²) < 4.78 is 18.6. The van der Waals surface area contributed by atoms with Gasteiger partial charge in [0.2, 0.25) is 0 Å². The fourth-order valence-corrected chi connectivity index (χ4v) is 4.46. The highest BCUT2D eigenvalue weighted by Gasteiger charge is 2.20. The Morgan fingerprint density at radius 1 is 1.08 bits per heavy atom. The van der Waals surface area contributed by atoms with Gasteiger partial charge in [0, 0.05) is 17.0 Å². The molecule has 2 aromatic carbocycles. The highest BCUT2D eigenvalue weighted by Crippen LogP contribution is 2.38. The van der Waals surface area contributed by atoms with Crippen LogP contribution in [0.3, 0.4) is 0 Å². The number of aryl methyl sites for hydroxylation is 2. The van der Waals surface area contributed by atoms with E-state index in [1.165, 1.54) is 12.1 Å². The van der Waals surface area contributed by atoms with Crippen molar-refractivity contribution in [3.05, 3.63) is 107 Å². The van der Waals surface area contributed by atoms with Gasteiger partial charge in [-0.1, -0.05) is 38.1 Å². The van der Waals surface area contributed by atoms with Crippen molar-refractivity contribution >= 4 is 16.8 Å². The fraction of sp³-hybridized carbons (Fsp3) is 0.200. The first-order chi connectivity index (χ1) is 17.9. The van der Waals surface area contributed by atoms with Gasteiger partial charge < -0.3 is 19.8 Å². The van der Waals surface area contributed by atoms with E-state index in [1.807, 2.05) is 32.0 Å². The molecule has 0 atom stereocenters. The van der Waals surface area contributed by atoms with E-state index in [4.69, 9.17) is 9.40 Å². The van der Waals surface area contributed by atoms with Gasteiger partial charge in [-0.15, -0.1) is 0 Å². The Morgan fingerprint density at radius 3 is 2.51 bits per heavy atom. The van der Waals surface area contributed by atoms with E-state index >= 15 is 0 Å². The molecule has 0 fully saturated rings. The molecule has 3 aromatic heterocycles. The molecule has 0 bridgehead atoms. The number of pyridine rings is 1. The zero-order valence-electron chi connectivity index (χ0n) is 20.7. The number of nitrogens with one attached hydrogen (secondary N) is 2. The van der Waals surface area contributed by atoms with E-state index in [-0.39, 0.29) is 23.5 Å². The minimum Gasteiger partial charge on any atom is -0.494 e. The van der Waals surface area contributed by atoms with Gasteiger partial charge in [-0.25, -0.2) is 4.39 Å². The van der Waals surface area contributed by atoms with Gasteiger partial charge in [0.15, 0.2) is 5.88 Å². The van der Waals surface area contributed by atoms with Gasteiger partial charge in [-0.2, -0.15) is 0 Å². The van der Waals surface area contributed by atoms with E-state index in [0.717, 1.165) is 33.6 Å². The highest BCUT2D eigenvalue weighted by molar-refractivity contribution is 6.01. The third-order valence-corrected chi connectivity index (χ3v) is 6.44. The van der Waals surface area contributed by atoms with E-state index < -0.39 is 0 Å². The van der Waals surface area contributed by atoms with Crippen LogP contribution in [0.2, 0.25) is 0 Å². The summed E-state index contributed by atoms with van der Waals surface area (Å²) in [5, 5.41) is 14.3. The Hall–Kier alpha value is -4.39. The number of aromatic nitrogens is 2. The molecule has 6 nitrogen and oxygen atoms in total. The molecule has 0 unspecified atom stereocenters. The van der Waals surface area contributed by atoms with Gasteiger partial charge in [0.05, 0.1) is 23.7 Å². The molecule has 3 heterocycles. The Morgan fingerprint density at radius 2 is 1.84 bits per heavy atom. The molecule has 5 aromatic rings. The molecule has 0 spiro atoms. The average Bonchev–Trinajstić information content (AvgIpc) is 3.54. The predicted octanol–water partition coefficient (Wildman–Crippen LogP) is 6.51. The lowest BCUT2D eigenvalue weighted by Gasteiger charge is -2.11. The summed E-state index contributed by atoms with van der Waals surface area (Å²) in [6, 6.07) is 19.4. The van der Waals surface area contributed by atoms with Crippen molar-refractivity contribution < 1.29 is 18.7 Å². The molecule has 5 rings (SSSR count). The van der Waals surface area contributed by atoms with Gasteiger partial charge >= 0.3 is 0 Å². The fourth-order valence-electron chi connectivity index (χ4n) is 4.46. The summed E-state index contributed by atoms with van der Waals surface area (Å²) in [7, 11) is 0. The number of fused-ring (bicyclic) bond motifs is 1. The highest BCUT2D eigenvalue weighted by atomic mass is 19.1. The molecule has 1 amide bonds. The summed E-state index contributed by atoms with van der Waals surface area (Å²) in [6.07, 6.45) is 2.94. The predicted molar refractivity (Wildman–Crippen MR) is 141 cm³/mol. The van der Waals surface area contributed by atoms with Crippen molar-refractivity contribution in [2.24, 2.45) is 0 Å². The van der Waals surface area contributed by atoms with Crippen LogP contribution in [0.15, 0.2) is 77.4 Å². The molecule has 0 aliphatic carbocycles. The molecule has 3 N–H and O–H groups in total. The molecule has 7 heteroatoms. The van der Waals surface area contributed by atoms with Crippen LogP contribution in [-0.4, -0.2) is 21.0 Å². The number of aromatic amines is 1. The molecule has 0 saturated carbocycles. The minimum absolute atomic E-state index is 0.0755. The second-order valence-electron chi connectivity index (χ2n) is 9.39. The van der Waals surface area contributed by atoms with Crippen LogP contribution in [0.5, 0.6) is 5.88 Å². The maximum atomic E-state index is 13.3. The molecular weight excluding hydrogens is 469 g/mol. The SMILES string of the molecule is CC(C)c1[nH]c(O)c2c(-c3ccc(C(=O)NCc4ccco4)cc3)cc(CCc3ccc(F)cc3)nc12. The summed E-state index contributed by atoms with van der Waals surface area (Å²) in [5.41, 5.74) is 5.72. The van der Waals surface area contributed by atoms with Gasteiger partial charge in [0.25, 0.3) is 5.91 Å². The topological polar surface area (TPSA) is 91.1 Å². The largest absolute Gasteiger partial charge is 0.494 e. The zero-order chi connectivity index (χ0) is 25.9. The summed E-state index contributed by atoms with van der Waals surface area (Å²) in [6.45, 7) is 4.41. The Kier molecular flexibility index (Phi) is 6.77. The zero-order valence-corrected chi connectivity index (χ0v) is 20.7. The monoisotopic (exact) mass is 497 g/mol. The number of benzene rings is 2. The number of aromatic hydroxyl groups is 1. The number of amides is 1. The van der Waals surface area contributed by atoms with E-state index in [1.54, 1.807) is 42.7 Å². The molecule has 0 radical (unpaired) electrons. The maximum Gasteiger partial charge on any atom is 0.251 e. The quantitative estimate of drug-likeness (QED) is 0.228. The van der Waals surface area contributed by atoms with E-state index in [2.05, 4.69) is 10.3 Å². The van der Waals surface area contributed by atoms with Crippen molar-refractivity contribution in [3.63, 3.8) is 0 Å². The lowest BCUT2D eigenvalue weighted by atomic mass is 9.97. The molecule has 0 saturated heterocycles. The van der Waals surface area contributed by atoms with Crippen LogP contribution in [0.4, 0.5) is 4.39 Å². The molecule has 188 valence electrons. The first-order valence-corrected chi connectivity index (χ1v) is 12.3. The number of carbonyl (C=O) groups is 1. The summed E-state index contributed by atoms with van der Waals surface area (Å²) >= 11 is 0. The molecule has 0 aliphatic rings. The van der Waals surface area contributed by atoms with Crippen LogP contribution < -0.4 is 5.32 Å².